The van der Waals surface area contributed by atoms with Crippen molar-refractivity contribution in [2.45, 2.75) is 89.8 Å². The number of likely N-dealkylation sites (tertiary alicyclic amines) is 1. The van der Waals surface area contributed by atoms with Crippen LogP contribution in [0, 0.1) is 0 Å². The van der Waals surface area contributed by atoms with E-state index in [1.54, 1.807) is 4.90 Å². The highest BCUT2D eigenvalue weighted by Gasteiger charge is 2.29. The maximum atomic E-state index is 12.6. The minimum Gasteiger partial charge on any atom is -0.474 e. The molecule has 0 spiro atoms. The minimum absolute atomic E-state index is 0.0769. The van der Waals surface area contributed by atoms with Crippen molar-refractivity contribution in [2.24, 2.45) is 0 Å². The number of nitrogens with zero attached hydrogens (tertiary/aromatic N) is 5. The normalized spacial score (nSPS) is 21.6. The fourth-order valence-corrected chi connectivity index (χ4v) is 6.86. The van der Waals surface area contributed by atoms with E-state index < -0.39 is 5.60 Å². The van der Waals surface area contributed by atoms with Gasteiger partial charge in [0.15, 0.2) is 6.23 Å². The monoisotopic (exact) mass is 627 g/mol. The molecule has 2 aromatic carbocycles. The second-order valence-corrected chi connectivity index (χ2v) is 13.9. The Labute approximate surface area is 270 Å². The number of aromatic nitrogens is 3. The molecule has 3 aliphatic heterocycles. The van der Waals surface area contributed by atoms with E-state index in [1.807, 2.05) is 43.7 Å². The van der Waals surface area contributed by atoms with E-state index in [1.165, 1.54) is 0 Å². The van der Waals surface area contributed by atoms with Crippen molar-refractivity contribution in [1.29, 1.82) is 0 Å². The van der Waals surface area contributed by atoms with Crippen LogP contribution in [0.25, 0.3) is 33.1 Å². The Bertz CT molecular complexity index is 1700. The van der Waals surface area contributed by atoms with Gasteiger partial charge in [0.05, 0.1) is 17.3 Å². The van der Waals surface area contributed by atoms with E-state index in [0.29, 0.717) is 38.4 Å². The molecule has 3 fully saturated rings. The van der Waals surface area contributed by atoms with Gasteiger partial charge in [-0.2, -0.15) is 5.10 Å². The first kappa shape index (κ1) is 30.7. The summed E-state index contributed by atoms with van der Waals surface area (Å²) in [4.78, 5) is 21.8. The van der Waals surface area contributed by atoms with E-state index in [0.717, 1.165) is 84.0 Å². The van der Waals surface area contributed by atoms with Gasteiger partial charge in [0, 0.05) is 62.1 Å². The number of hydrogen-bond donors (Lipinski definition) is 1. The standard InChI is InChI=1S/C36H45N5O5/c1-36(2,3)46-35(43)39-18-15-27(16-19-39)45-34-28-11-5-4-9-24(28)21-30(37-34)33-29-22-25(40-17-8-10-26(42)23-40)13-14-31(29)41(38-33)32-12-6-7-20-44-32/h4-5,9,11,13-14,21-22,26-27,32,42H,6-8,10,12,15-20,23H2,1-3H3. The first-order valence-electron chi connectivity index (χ1n) is 16.8. The second kappa shape index (κ2) is 12.7. The molecule has 244 valence electrons. The first-order valence-corrected chi connectivity index (χ1v) is 16.8. The quantitative estimate of drug-likeness (QED) is 0.261. The molecule has 3 saturated heterocycles. The van der Waals surface area contributed by atoms with Gasteiger partial charge in [-0.3, -0.25) is 0 Å². The van der Waals surface area contributed by atoms with Crippen molar-refractivity contribution < 1.29 is 24.1 Å². The highest BCUT2D eigenvalue weighted by molar-refractivity contribution is 5.98. The largest absolute Gasteiger partial charge is 0.474 e. The number of aliphatic hydroxyl groups is 1. The van der Waals surface area contributed by atoms with E-state index in [2.05, 4.69) is 35.2 Å². The number of piperidine rings is 2. The molecule has 10 nitrogen and oxygen atoms in total. The van der Waals surface area contributed by atoms with Crippen molar-refractivity contribution in [2.75, 3.05) is 37.7 Å². The number of carbonyl (C=O) groups excluding carboxylic acids is 1. The van der Waals surface area contributed by atoms with Gasteiger partial charge in [0.1, 0.15) is 17.4 Å². The molecule has 0 saturated carbocycles. The Morgan fingerprint density at radius 2 is 1.78 bits per heavy atom. The highest BCUT2D eigenvalue weighted by atomic mass is 16.6. The second-order valence-electron chi connectivity index (χ2n) is 13.9. The summed E-state index contributed by atoms with van der Waals surface area (Å²) >= 11 is 0. The molecule has 2 unspecified atom stereocenters. The van der Waals surface area contributed by atoms with Crippen LogP contribution >= 0.6 is 0 Å². The average Bonchev–Trinajstić information content (AvgIpc) is 3.44. The van der Waals surface area contributed by atoms with Gasteiger partial charge in [-0.15, -0.1) is 0 Å². The van der Waals surface area contributed by atoms with Crippen LogP contribution in [-0.4, -0.2) is 81.5 Å². The van der Waals surface area contributed by atoms with Gasteiger partial charge in [0.2, 0.25) is 5.88 Å². The van der Waals surface area contributed by atoms with E-state index in [-0.39, 0.29) is 24.5 Å². The number of β-amino-alcohol motifs (C(OH)–C–C–N with tert-alkyl or cyclic N) is 1. The molecule has 46 heavy (non-hydrogen) atoms. The van der Waals surface area contributed by atoms with E-state index in [9.17, 15) is 9.90 Å². The van der Waals surface area contributed by atoms with Crippen molar-refractivity contribution in [1.82, 2.24) is 19.7 Å². The number of pyridine rings is 1. The van der Waals surface area contributed by atoms with Crippen molar-refractivity contribution in [3.8, 4) is 17.3 Å². The van der Waals surface area contributed by atoms with Crippen LogP contribution in [0.15, 0.2) is 48.5 Å². The molecular weight excluding hydrogens is 582 g/mol. The van der Waals surface area contributed by atoms with Crippen LogP contribution in [0.5, 0.6) is 5.88 Å². The van der Waals surface area contributed by atoms with Crippen LogP contribution in [0.4, 0.5) is 10.5 Å². The predicted molar refractivity (Wildman–Crippen MR) is 178 cm³/mol. The lowest BCUT2D eigenvalue weighted by Gasteiger charge is -2.33. The summed E-state index contributed by atoms with van der Waals surface area (Å²) in [5.74, 6) is 0.579. The lowest BCUT2D eigenvalue weighted by atomic mass is 10.0. The third kappa shape index (κ3) is 6.51. The van der Waals surface area contributed by atoms with Gasteiger partial charge in [0.25, 0.3) is 0 Å². The minimum atomic E-state index is -0.524. The molecule has 3 aliphatic rings. The molecule has 0 aliphatic carbocycles. The molecule has 0 radical (unpaired) electrons. The fraction of sp³-hybridized carbons (Fsp3) is 0.528. The van der Waals surface area contributed by atoms with Crippen LogP contribution in [-0.2, 0) is 9.47 Å². The van der Waals surface area contributed by atoms with Gasteiger partial charge in [-0.05, 0) is 88.6 Å². The summed E-state index contributed by atoms with van der Waals surface area (Å²) in [5.41, 5.74) is 3.10. The maximum absolute atomic E-state index is 12.6. The van der Waals surface area contributed by atoms with Crippen molar-refractivity contribution in [3.63, 3.8) is 0 Å². The number of amides is 1. The highest BCUT2D eigenvalue weighted by Crippen LogP contribution is 2.38. The Balaban J connectivity index is 1.23. The molecular formula is C36H45N5O5. The molecule has 1 N–H and O–H groups in total. The zero-order chi connectivity index (χ0) is 31.8. The number of ether oxygens (including phenoxy) is 3. The van der Waals surface area contributed by atoms with E-state index >= 15 is 0 Å². The summed E-state index contributed by atoms with van der Waals surface area (Å²) < 4.78 is 20.5. The van der Waals surface area contributed by atoms with Crippen LogP contribution < -0.4 is 9.64 Å². The Morgan fingerprint density at radius 1 is 0.957 bits per heavy atom. The number of carbonyl (C=O) groups is 1. The Morgan fingerprint density at radius 3 is 2.54 bits per heavy atom. The number of anilines is 1. The van der Waals surface area contributed by atoms with Crippen molar-refractivity contribution >= 4 is 33.5 Å². The van der Waals surface area contributed by atoms with Gasteiger partial charge >= 0.3 is 6.09 Å². The fourth-order valence-electron chi connectivity index (χ4n) is 6.86. The van der Waals surface area contributed by atoms with E-state index in [4.69, 9.17) is 24.3 Å². The number of benzene rings is 2. The SMILES string of the molecule is CC(C)(C)OC(=O)N1CCC(Oc2nc(-c3nn(C4CCCCO4)c4ccc(N5CCCC(O)C5)cc34)cc3ccccc23)CC1. The number of hydrogen-bond acceptors (Lipinski definition) is 8. The van der Waals surface area contributed by atoms with Crippen LogP contribution in [0.2, 0.25) is 0 Å². The first-order chi connectivity index (χ1) is 22.2. The zero-order valence-electron chi connectivity index (χ0n) is 27.2. The maximum Gasteiger partial charge on any atom is 0.410 e. The zero-order valence-corrected chi connectivity index (χ0v) is 27.2. The molecule has 10 heteroatoms. The summed E-state index contributed by atoms with van der Waals surface area (Å²) in [7, 11) is 0. The average molecular weight is 628 g/mol. The summed E-state index contributed by atoms with van der Waals surface area (Å²) in [5, 5.41) is 18.6. The number of aliphatic hydroxyl groups excluding tert-OH is 1. The molecule has 2 atom stereocenters. The Kier molecular flexibility index (Phi) is 8.50. The summed E-state index contributed by atoms with van der Waals surface area (Å²) in [6.45, 7) is 9.07. The number of fused-ring (bicyclic) bond motifs is 2. The lowest BCUT2D eigenvalue weighted by Crippen LogP contribution is -2.44. The van der Waals surface area contributed by atoms with Crippen LogP contribution in [0.3, 0.4) is 0 Å². The summed E-state index contributed by atoms with van der Waals surface area (Å²) in [6.07, 6.45) is 5.47. The number of rotatable bonds is 5. The predicted octanol–water partition coefficient (Wildman–Crippen LogP) is 6.69. The molecule has 1 amide bonds. The molecule has 0 bridgehead atoms. The molecule has 7 rings (SSSR count). The third-order valence-corrected chi connectivity index (χ3v) is 9.20. The van der Waals surface area contributed by atoms with Gasteiger partial charge in [-0.1, -0.05) is 18.2 Å². The Hall–Kier alpha value is -3.89. The molecule has 5 heterocycles. The van der Waals surface area contributed by atoms with Gasteiger partial charge in [-0.25, -0.2) is 14.5 Å². The van der Waals surface area contributed by atoms with Crippen molar-refractivity contribution in [3.05, 3.63) is 48.5 Å². The van der Waals surface area contributed by atoms with Gasteiger partial charge < -0.3 is 29.1 Å². The van der Waals surface area contributed by atoms with Crippen LogP contribution in [0.1, 0.15) is 71.9 Å². The molecule has 4 aromatic rings. The smallest absolute Gasteiger partial charge is 0.410 e. The molecule has 2 aromatic heterocycles. The topological polar surface area (TPSA) is 102 Å². The third-order valence-electron chi connectivity index (χ3n) is 9.20. The lowest BCUT2D eigenvalue weighted by molar-refractivity contribution is -0.0365. The summed E-state index contributed by atoms with van der Waals surface area (Å²) in [6, 6.07) is 16.7.